The highest BCUT2D eigenvalue weighted by Crippen LogP contribution is 2.24. The quantitative estimate of drug-likeness (QED) is 0.556. The van der Waals surface area contributed by atoms with Gasteiger partial charge in [-0.05, 0) is 54.1 Å². The molecule has 172 valence electrons. The summed E-state index contributed by atoms with van der Waals surface area (Å²) in [5.41, 5.74) is 2.37. The predicted molar refractivity (Wildman–Crippen MR) is 129 cm³/mol. The van der Waals surface area contributed by atoms with E-state index in [1.54, 1.807) is 30.6 Å². The average molecular weight is 486 g/mol. The van der Waals surface area contributed by atoms with Crippen molar-refractivity contribution < 1.29 is 13.2 Å². The monoisotopic (exact) mass is 485 g/mol. The second-order valence-electron chi connectivity index (χ2n) is 7.56. The van der Waals surface area contributed by atoms with Gasteiger partial charge in [-0.15, -0.1) is 0 Å². The van der Waals surface area contributed by atoms with E-state index in [4.69, 9.17) is 11.6 Å². The number of amides is 2. The highest BCUT2D eigenvalue weighted by atomic mass is 35.5. The van der Waals surface area contributed by atoms with Crippen molar-refractivity contribution >= 4 is 39.0 Å². The Balaban J connectivity index is 1.32. The van der Waals surface area contributed by atoms with Crippen LogP contribution in [0.1, 0.15) is 5.56 Å². The number of urea groups is 1. The largest absolute Gasteiger partial charge is 0.369 e. The Morgan fingerprint density at radius 3 is 2.42 bits per heavy atom. The van der Waals surface area contributed by atoms with Gasteiger partial charge in [0.2, 0.25) is 10.0 Å². The SMILES string of the molecule is O=C(NCc1cccnc1)Nc1ccc(S(=O)(=O)N2CCN(c3cccc(Cl)c3)CC2)cc1. The Morgan fingerprint density at radius 1 is 1.00 bits per heavy atom. The molecule has 1 aliphatic heterocycles. The topological polar surface area (TPSA) is 94.6 Å². The van der Waals surface area contributed by atoms with Gasteiger partial charge in [-0.1, -0.05) is 23.7 Å². The summed E-state index contributed by atoms with van der Waals surface area (Å²) >= 11 is 6.07. The molecule has 10 heteroatoms. The van der Waals surface area contributed by atoms with Crippen LogP contribution in [0.2, 0.25) is 5.02 Å². The second kappa shape index (κ2) is 10.2. The van der Waals surface area contributed by atoms with Crippen LogP contribution in [0.25, 0.3) is 0 Å². The average Bonchev–Trinajstić information content (AvgIpc) is 2.84. The summed E-state index contributed by atoms with van der Waals surface area (Å²) in [7, 11) is -3.62. The van der Waals surface area contributed by atoms with Crippen molar-refractivity contribution in [3.05, 3.63) is 83.6 Å². The van der Waals surface area contributed by atoms with Crippen LogP contribution in [-0.2, 0) is 16.6 Å². The first-order valence-corrected chi connectivity index (χ1v) is 12.3. The molecule has 2 amide bonds. The van der Waals surface area contributed by atoms with Gasteiger partial charge in [0.25, 0.3) is 0 Å². The van der Waals surface area contributed by atoms with Gasteiger partial charge in [-0.25, -0.2) is 13.2 Å². The van der Waals surface area contributed by atoms with Gasteiger partial charge in [0.15, 0.2) is 0 Å². The molecule has 1 fully saturated rings. The molecule has 0 saturated carbocycles. The number of anilines is 2. The fraction of sp³-hybridized carbons (Fsp3) is 0.217. The molecule has 3 aromatic rings. The summed E-state index contributed by atoms with van der Waals surface area (Å²) in [5.74, 6) is 0. The van der Waals surface area contributed by atoms with Crippen molar-refractivity contribution in [1.29, 1.82) is 0 Å². The number of pyridine rings is 1. The first-order valence-electron chi connectivity index (χ1n) is 10.5. The summed E-state index contributed by atoms with van der Waals surface area (Å²) in [4.78, 5) is 18.4. The lowest BCUT2D eigenvalue weighted by molar-refractivity contribution is 0.251. The van der Waals surface area contributed by atoms with Crippen molar-refractivity contribution in [3.63, 3.8) is 0 Å². The van der Waals surface area contributed by atoms with Crippen LogP contribution < -0.4 is 15.5 Å². The van der Waals surface area contributed by atoms with Gasteiger partial charge in [0.05, 0.1) is 4.90 Å². The fourth-order valence-electron chi connectivity index (χ4n) is 3.58. The van der Waals surface area contributed by atoms with E-state index in [1.807, 2.05) is 30.3 Å². The van der Waals surface area contributed by atoms with E-state index in [1.165, 1.54) is 16.4 Å². The number of halogens is 1. The normalized spacial score (nSPS) is 14.6. The lowest BCUT2D eigenvalue weighted by Crippen LogP contribution is -2.48. The standard InChI is InChI=1S/C23H24ClN5O3S/c24-19-4-1-5-21(15-19)28-11-13-29(14-12-28)33(31,32)22-8-6-20(7-9-22)27-23(30)26-17-18-3-2-10-25-16-18/h1-10,15-16H,11-14,17H2,(H2,26,27,30). The van der Waals surface area contributed by atoms with E-state index < -0.39 is 10.0 Å². The smallest absolute Gasteiger partial charge is 0.319 e. The molecule has 2 N–H and O–H groups in total. The Labute approximate surface area is 198 Å². The molecule has 0 bridgehead atoms. The summed E-state index contributed by atoms with van der Waals surface area (Å²) in [6, 6.07) is 17.0. The summed E-state index contributed by atoms with van der Waals surface area (Å²) in [5, 5.41) is 6.09. The zero-order chi connectivity index (χ0) is 23.3. The molecule has 0 spiro atoms. The number of nitrogens with one attached hydrogen (secondary N) is 2. The molecule has 33 heavy (non-hydrogen) atoms. The third-order valence-corrected chi connectivity index (χ3v) is 7.49. The Kier molecular flexibility index (Phi) is 7.12. The van der Waals surface area contributed by atoms with Crippen molar-refractivity contribution in [1.82, 2.24) is 14.6 Å². The van der Waals surface area contributed by atoms with Gasteiger partial charge in [0.1, 0.15) is 0 Å². The van der Waals surface area contributed by atoms with Crippen molar-refractivity contribution in [2.45, 2.75) is 11.4 Å². The molecule has 0 unspecified atom stereocenters. The first kappa shape index (κ1) is 23.0. The minimum absolute atomic E-state index is 0.194. The molecular weight excluding hydrogens is 462 g/mol. The second-order valence-corrected chi connectivity index (χ2v) is 9.94. The number of benzene rings is 2. The van der Waals surface area contributed by atoms with E-state index in [9.17, 15) is 13.2 Å². The van der Waals surface area contributed by atoms with Gasteiger partial charge in [-0.2, -0.15) is 4.31 Å². The number of carbonyl (C=O) groups excluding carboxylic acids is 1. The van der Waals surface area contributed by atoms with Crippen LogP contribution in [0.4, 0.5) is 16.2 Å². The molecular formula is C23H24ClN5O3S. The van der Waals surface area contributed by atoms with E-state index in [0.29, 0.717) is 43.4 Å². The van der Waals surface area contributed by atoms with Crippen molar-refractivity contribution in [3.8, 4) is 0 Å². The van der Waals surface area contributed by atoms with Gasteiger partial charge in [-0.3, -0.25) is 4.98 Å². The third-order valence-electron chi connectivity index (χ3n) is 5.34. The lowest BCUT2D eigenvalue weighted by Gasteiger charge is -2.35. The van der Waals surface area contributed by atoms with Crippen LogP contribution >= 0.6 is 11.6 Å². The summed E-state index contributed by atoms with van der Waals surface area (Å²) in [6.45, 7) is 2.26. The zero-order valence-electron chi connectivity index (χ0n) is 17.8. The number of hydrogen-bond donors (Lipinski definition) is 2. The number of rotatable bonds is 6. The Hall–Kier alpha value is -3.14. The molecule has 1 saturated heterocycles. The van der Waals surface area contributed by atoms with Crippen molar-refractivity contribution in [2.75, 3.05) is 36.4 Å². The maximum absolute atomic E-state index is 13.1. The van der Waals surface area contributed by atoms with E-state index in [2.05, 4.69) is 20.5 Å². The van der Waals surface area contributed by atoms with Crippen molar-refractivity contribution in [2.24, 2.45) is 0 Å². The summed E-state index contributed by atoms with van der Waals surface area (Å²) < 4.78 is 27.6. The number of nitrogens with zero attached hydrogens (tertiary/aromatic N) is 3. The molecule has 2 aromatic carbocycles. The lowest BCUT2D eigenvalue weighted by atomic mass is 10.2. The highest BCUT2D eigenvalue weighted by Gasteiger charge is 2.28. The number of piperazine rings is 1. The van der Waals surface area contributed by atoms with E-state index >= 15 is 0 Å². The minimum atomic E-state index is -3.62. The number of carbonyl (C=O) groups is 1. The molecule has 1 aliphatic rings. The fourth-order valence-corrected chi connectivity index (χ4v) is 5.19. The highest BCUT2D eigenvalue weighted by molar-refractivity contribution is 7.89. The molecule has 0 radical (unpaired) electrons. The van der Waals surface area contributed by atoms with Crippen LogP contribution in [0.3, 0.4) is 0 Å². The molecule has 4 rings (SSSR count). The Morgan fingerprint density at radius 2 is 1.76 bits per heavy atom. The van der Waals surface area contributed by atoms with E-state index in [-0.39, 0.29) is 10.9 Å². The summed E-state index contributed by atoms with van der Waals surface area (Å²) in [6.07, 6.45) is 3.34. The molecule has 1 aromatic heterocycles. The molecule has 0 aliphatic carbocycles. The first-order chi connectivity index (χ1) is 15.9. The van der Waals surface area contributed by atoms with Crippen LogP contribution in [0.5, 0.6) is 0 Å². The van der Waals surface area contributed by atoms with Gasteiger partial charge < -0.3 is 15.5 Å². The number of sulfonamides is 1. The maximum Gasteiger partial charge on any atom is 0.319 e. The predicted octanol–water partition coefficient (Wildman–Crippen LogP) is 3.57. The zero-order valence-corrected chi connectivity index (χ0v) is 19.4. The van der Waals surface area contributed by atoms with Crippen LogP contribution in [0, 0.1) is 0 Å². The van der Waals surface area contributed by atoms with Crippen LogP contribution in [-0.4, -0.2) is 49.9 Å². The molecule has 0 atom stereocenters. The Bertz CT molecular complexity index is 1200. The van der Waals surface area contributed by atoms with Gasteiger partial charge in [0, 0.05) is 61.5 Å². The maximum atomic E-state index is 13.1. The number of aromatic nitrogens is 1. The third kappa shape index (κ3) is 5.81. The number of hydrogen-bond acceptors (Lipinski definition) is 5. The minimum Gasteiger partial charge on any atom is -0.369 e. The molecule has 2 heterocycles. The van der Waals surface area contributed by atoms with Gasteiger partial charge >= 0.3 is 6.03 Å². The van der Waals surface area contributed by atoms with Crippen LogP contribution in [0.15, 0.2) is 78.0 Å². The molecule has 8 nitrogen and oxygen atoms in total. The van der Waals surface area contributed by atoms with E-state index in [0.717, 1.165) is 11.3 Å².